The summed E-state index contributed by atoms with van der Waals surface area (Å²) in [4.78, 5) is 19.0. The van der Waals surface area contributed by atoms with Crippen LogP contribution in [0.15, 0.2) is 21.7 Å². The lowest BCUT2D eigenvalue weighted by atomic mass is 9.93. The largest absolute Gasteiger partial charge is 0.465 e. The summed E-state index contributed by atoms with van der Waals surface area (Å²) in [5, 5.41) is 11.1. The normalized spacial score (nSPS) is 30.5. The first kappa shape index (κ1) is 19.2. The van der Waals surface area contributed by atoms with E-state index in [9.17, 15) is 22.0 Å². The van der Waals surface area contributed by atoms with E-state index in [1.54, 1.807) is 0 Å². The van der Waals surface area contributed by atoms with Gasteiger partial charge in [-0.15, -0.1) is 0 Å². The van der Waals surface area contributed by atoms with Crippen molar-refractivity contribution in [2.75, 3.05) is 12.4 Å². The molecule has 2 aliphatic rings. The van der Waals surface area contributed by atoms with Crippen molar-refractivity contribution in [1.82, 2.24) is 10.3 Å². The van der Waals surface area contributed by atoms with Gasteiger partial charge >= 0.3 is 6.09 Å². The minimum absolute atomic E-state index is 0.122. The third kappa shape index (κ3) is 2.90. The fraction of sp³-hybridized carbons (Fsp3) is 0.533. The number of amidine groups is 1. The lowest BCUT2D eigenvalue weighted by Gasteiger charge is -2.41. The van der Waals surface area contributed by atoms with Crippen LogP contribution >= 0.6 is 15.9 Å². The standard InChI is InChI=1S/C15H16BrF2N3O4S/c1-14(10-4-9(16)5-19-11(10)18)7-26(24,25)15(6-17,8-2-3-8)12(21-14)20-13(22)23/h4-5,8H,2-3,6-7H2,1H3,(H,20,21)(H,22,23)/t14-,15-/m0/s1. The highest BCUT2D eigenvalue weighted by molar-refractivity contribution is 9.10. The number of nitrogens with zero attached hydrogens (tertiary/aromatic N) is 2. The van der Waals surface area contributed by atoms with Crippen molar-refractivity contribution in [3.63, 3.8) is 0 Å². The van der Waals surface area contributed by atoms with Crippen molar-refractivity contribution in [3.05, 3.63) is 28.2 Å². The van der Waals surface area contributed by atoms with E-state index in [0.717, 1.165) is 0 Å². The molecule has 3 rings (SSSR count). The minimum Gasteiger partial charge on any atom is -0.465 e. The van der Waals surface area contributed by atoms with Gasteiger partial charge in [0.15, 0.2) is 14.6 Å². The molecule has 142 valence electrons. The molecule has 0 aromatic carbocycles. The molecule has 2 N–H and O–H groups in total. The third-order valence-electron chi connectivity index (χ3n) is 4.83. The summed E-state index contributed by atoms with van der Waals surface area (Å²) in [6, 6.07) is 1.33. The summed E-state index contributed by atoms with van der Waals surface area (Å²) in [5.74, 6) is -2.63. The number of nitrogens with one attached hydrogen (secondary N) is 1. The van der Waals surface area contributed by atoms with Gasteiger partial charge in [0.25, 0.3) is 0 Å². The summed E-state index contributed by atoms with van der Waals surface area (Å²) in [6.45, 7) is 0.0596. The molecule has 1 aliphatic heterocycles. The molecule has 1 aromatic rings. The van der Waals surface area contributed by atoms with Crippen molar-refractivity contribution in [2.45, 2.75) is 30.1 Å². The Balaban J connectivity index is 2.25. The maximum Gasteiger partial charge on any atom is 0.410 e. The summed E-state index contributed by atoms with van der Waals surface area (Å²) in [6.07, 6.45) is 0.546. The van der Waals surface area contributed by atoms with Crippen LogP contribution in [0.4, 0.5) is 13.6 Å². The van der Waals surface area contributed by atoms with Crippen LogP contribution in [0.1, 0.15) is 25.3 Å². The van der Waals surface area contributed by atoms with Gasteiger partial charge in [-0.3, -0.25) is 10.3 Å². The van der Waals surface area contributed by atoms with E-state index in [4.69, 9.17) is 5.11 Å². The van der Waals surface area contributed by atoms with E-state index < -0.39 is 56.3 Å². The lowest BCUT2D eigenvalue weighted by Crippen LogP contribution is -2.63. The molecule has 0 saturated heterocycles. The molecule has 2 atom stereocenters. The molecule has 26 heavy (non-hydrogen) atoms. The molecule has 0 spiro atoms. The van der Waals surface area contributed by atoms with Crippen molar-refractivity contribution in [3.8, 4) is 0 Å². The summed E-state index contributed by atoms with van der Waals surface area (Å²) in [5.41, 5.74) is -1.77. The average Bonchev–Trinajstić information content (AvgIpc) is 3.33. The monoisotopic (exact) mass is 451 g/mol. The van der Waals surface area contributed by atoms with Crippen LogP contribution in [0.3, 0.4) is 0 Å². The van der Waals surface area contributed by atoms with E-state index >= 15 is 0 Å². The van der Waals surface area contributed by atoms with Gasteiger partial charge in [0.1, 0.15) is 18.0 Å². The molecule has 7 nitrogen and oxygen atoms in total. The van der Waals surface area contributed by atoms with Gasteiger partial charge in [0.05, 0.1) is 5.75 Å². The second-order valence-corrected chi connectivity index (χ2v) is 9.88. The van der Waals surface area contributed by atoms with Crippen LogP contribution in [-0.2, 0) is 15.4 Å². The molecule has 1 fully saturated rings. The number of aromatic nitrogens is 1. The van der Waals surface area contributed by atoms with Crippen molar-refractivity contribution in [2.24, 2.45) is 10.9 Å². The topological polar surface area (TPSA) is 109 Å². The predicted octanol–water partition coefficient (Wildman–Crippen LogP) is 2.41. The molecule has 0 radical (unpaired) electrons. The fourth-order valence-electron chi connectivity index (χ4n) is 3.45. The molecule has 2 heterocycles. The number of amides is 1. The maximum absolute atomic E-state index is 14.3. The Morgan fingerprint density at radius 1 is 1.50 bits per heavy atom. The van der Waals surface area contributed by atoms with Crippen LogP contribution in [0.25, 0.3) is 0 Å². The zero-order chi connectivity index (χ0) is 19.3. The SMILES string of the molecule is C[C@@]1(c2cc(Br)cnc2F)CS(=O)(=O)[C@@](CF)(C2CC2)C(NC(=O)O)=N1. The molecular formula is C15H16BrF2N3O4S. The third-order valence-corrected chi connectivity index (χ3v) is 7.95. The highest BCUT2D eigenvalue weighted by Crippen LogP contribution is 2.50. The van der Waals surface area contributed by atoms with Gasteiger partial charge in [-0.1, -0.05) is 0 Å². The number of aliphatic imine (C=N–C) groups is 1. The van der Waals surface area contributed by atoms with E-state index in [1.165, 1.54) is 19.2 Å². The van der Waals surface area contributed by atoms with E-state index in [0.29, 0.717) is 17.3 Å². The Kier molecular flexibility index (Phi) is 4.58. The molecule has 1 saturated carbocycles. The van der Waals surface area contributed by atoms with E-state index in [1.807, 2.05) is 5.32 Å². The van der Waals surface area contributed by atoms with Crippen LogP contribution in [-0.4, -0.2) is 47.6 Å². The zero-order valence-electron chi connectivity index (χ0n) is 13.7. The van der Waals surface area contributed by atoms with E-state index in [-0.39, 0.29) is 5.56 Å². The average molecular weight is 452 g/mol. The van der Waals surface area contributed by atoms with Gasteiger partial charge in [0, 0.05) is 16.2 Å². The predicted molar refractivity (Wildman–Crippen MR) is 93.1 cm³/mol. The van der Waals surface area contributed by atoms with Gasteiger partial charge in [0.2, 0.25) is 5.95 Å². The Hall–Kier alpha value is -1.62. The summed E-state index contributed by atoms with van der Waals surface area (Å²) >= 11 is 3.14. The highest BCUT2D eigenvalue weighted by Gasteiger charge is 2.63. The number of pyridine rings is 1. The minimum atomic E-state index is -4.19. The second-order valence-electron chi connectivity index (χ2n) is 6.71. The van der Waals surface area contributed by atoms with Crippen LogP contribution in [0.5, 0.6) is 0 Å². The maximum atomic E-state index is 14.3. The lowest BCUT2D eigenvalue weighted by molar-refractivity contribution is 0.199. The van der Waals surface area contributed by atoms with Gasteiger partial charge < -0.3 is 5.11 Å². The summed E-state index contributed by atoms with van der Waals surface area (Å²) in [7, 11) is -4.19. The number of carboxylic acid groups (broad SMARTS) is 1. The van der Waals surface area contributed by atoms with Crippen LogP contribution < -0.4 is 5.32 Å². The number of sulfone groups is 1. The number of halogens is 3. The fourth-order valence-corrected chi connectivity index (χ4v) is 6.30. The molecule has 0 unspecified atom stereocenters. The van der Waals surface area contributed by atoms with Gasteiger partial charge in [-0.05, 0) is 47.7 Å². The highest BCUT2D eigenvalue weighted by atomic mass is 79.9. The zero-order valence-corrected chi connectivity index (χ0v) is 16.1. The number of rotatable bonds is 3. The number of alkyl halides is 1. The Bertz CT molecular complexity index is 906. The molecule has 11 heteroatoms. The van der Waals surface area contributed by atoms with E-state index in [2.05, 4.69) is 25.9 Å². The molecule has 1 aliphatic carbocycles. The smallest absolute Gasteiger partial charge is 0.410 e. The van der Waals surface area contributed by atoms with Crippen molar-refractivity contribution in [1.29, 1.82) is 0 Å². The Morgan fingerprint density at radius 3 is 2.69 bits per heavy atom. The summed E-state index contributed by atoms with van der Waals surface area (Å²) < 4.78 is 52.8. The van der Waals surface area contributed by atoms with Crippen LogP contribution in [0.2, 0.25) is 0 Å². The van der Waals surface area contributed by atoms with Gasteiger partial charge in [-0.2, -0.15) is 4.39 Å². The van der Waals surface area contributed by atoms with Crippen molar-refractivity contribution >= 4 is 37.7 Å². The number of carbonyl (C=O) groups is 1. The Morgan fingerprint density at radius 2 is 2.15 bits per heavy atom. The first-order valence-electron chi connectivity index (χ1n) is 7.76. The second kappa shape index (κ2) is 6.22. The molecule has 1 amide bonds. The quantitative estimate of drug-likeness (QED) is 0.685. The number of hydrogen-bond donors (Lipinski definition) is 2. The van der Waals surface area contributed by atoms with Crippen molar-refractivity contribution < 1.29 is 27.1 Å². The first-order chi connectivity index (χ1) is 12.1. The molecule has 1 aromatic heterocycles. The first-order valence-corrected chi connectivity index (χ1v) is 10.2. The van der Waals surface area contributed by atoms with Gasteiger partial charge in [-0.25, -0.2) is 22.6 Å². The van der Waals surface area contributed by atoms with Crippen LogP contribution in [0, 0.1) is 11.9 Å². The number of hydrogen-bond acceptors (Lipinski definition) is 5. The molecular weight excluding hydrogens is 436 g/mol. The molecule has 0 bridgehead atoms. The Labute approximate surface area is 157 Å².